The summed E-state index contributed by atoms with van der Waals surface area (Å²) in [6.07, 6.45) is 1.64. The Kier molecular flexibility index (Phi) is 5.41. The molecule has 0 radical (unpaired) electrons. The molecule has 162 valence electrons. The molecule has 2 aliphatic rings. The van der Waals surface area contributed by atoms with Gasteiger partial charge in [-0.25, -0.2) is 0 Å². The standard InChI is InChI=1S/C23H25N3O5/c1-4-12-31-19-11-10-15(13-20(19)30-5-2)16-14-25(3)23(21(16)26(28)29)17-8-6-7-9-18(17)24-22(23)27/h4,6-11,13,16,21H,1,5,12,14H2,2-3H3,(H,24,27)/t16-,21-,23-/m0/s1. The maximum absolute atomic E-state index is 13.2. The minimum absolute atomic E-state index is 0.321. The molecule has 31 heavy (non-hydrogen) atoms. The van der Waals surface area contributed by atoms with Gasteiger partial charge in [-0.2, -0.15) is 0 Å². The van der Waals surface area contributed by atoms with Crippen molar-refractivity contribution in [3.63, 3.8) is 0 Å². The van der Waals surface area contributed by atoms with Gasteiger partial charge in [0.05, 0.1) is 12.5 Å². The first-order valence-corrected chi connectivity index (χ1v) is 10.2. The van der Waals surface area contributed by atoms with Crippen LogP contribution in [0, 0.1) is 10.1 Å². The molecule has 0 saturated carbocycles. The molecule has 0 unspecified atom stereocenters. The summed E-state index contributed by atoms with van der Waals surface area (Å²) in [5.74, 6) is 0.193. The van der Waals surface area contributed by atoms with E-state index in [9.17, 15) is 14.9 Å². The molecule has 8 nitrogen and oxygen atoms in total. The maximum Gasteiger partial charge on any atom is 0.256 e. The fourth-order valence-electron chi connectivity index (χ4n) is 4.87. The van der Waals surface area contributed by atoms with Crippen molar-refractivity contribution >= 4 is 11.6 Å². The zero-order valence-electron chi connectivity index (χ0n) is 17.5. The van der Waals surface area contributed by atoms with Crippen molar-refractivity contribution in [2.45, 2.75) is 24.4 Å². The number of nitrogens with one attached hydrogen (secondary N) is 1. The summed E-state index contributed by atoms with van der Waals surface area (Å²) in [4.78, 5) is 27.1. The smallest absolute Gasteiger partial charge is 0.256 e. The van der Waals surface area contributed by atoms with Gasteiger partial charge in [0.2, 0.25) is 0 Å². The first-order valence-electron chi connectivity index (χ1n) is 10.2. The first-order chi connectivity index (χ1) is 14.9. The van der Waals surface area contributed by atoms with Crippen molar-refractivity contribution in [3.8, 4) is 11.5 Å². The van der Waals surface area contributed by atoms with E-state index in [1.807, 2.05) is 19.1 Å². The van der Waals surface area contributed by atoms with E-state index in [1.54, 1.807) is 48.4 Å². The highest BCUT2D eigenvalue weighted by Gasteiger charge is 2.68. The van der Waals surface area contributed by atoms with Gasteiger partial charge in [-0.3, -0.25) is 19.8 Å². The van der Waals surface area contributed by atoms with Gasteiger partial charge in [0.25, 0.3) is 11.9 Å². The molecule has 2 heterocycles. The van der Waals surface area contributed by atoms with E-state index in [2.05, 4.69) is 11.9 Å². The molecule has 8 heteroatoms. The Labute approximate surface area is 180 Å². The summed E-state index contributed by atoms with van der Waals surface area (Å²) in [6.45, 7) is 6.62. The number of nitro groups is 1. The van der Waals surface area contributed by atoms with Gasteiger partial charge < -0.3 is 14.8 Å². The minimum atomic E-state index is -1.37. The van der Waals surface area contributed by atoms with Gasteiger partial charge in [-0.1, -0.05) is 36.9 Å². The third-order valence-electron chi connectivity index (χ3n) is 6.09. The van der Waals surface area contributed by atoms with Gasteiger partial charge in [0.1, 0.15) is 6.61 Å². The van der Waals surface area contributed by atoms with Gasteiger partial charge in [-0.05, 0) is 37.7 Å². The molecule has 1 N–H and O–H groups in total. The lowest BCUT2D eigenvalue weighted by Crippen LogP contribution is -2.54. The fourth-order valence-corrected chi connectivity index (χ4v) is 4.87. The van der Waals surface area contributed by atoms with E-state index in [0.29, 0.717) is 42.5 Å². The third kappa shape index (κ3) is 3.14. The molecule has 1 spiro atoms. The number of anilines is 1. The van der Waals surface area contributed by atoms with Crippen LogP contribution in [0.15, 0.2) is 55.1 Å². The quantitative estimate of drug-likeness (QED) is 0.418. The highest BCUT2D eigenvalue weighted by Crippen LogP contribution is 2.52. The number of ether oxygens (including phenoxy) is 2. The van der Waals surface area contributed by atoms with Crippen molar-refractivity contribution in [2.75, 3.05) is 32.1 Å². The van der Waals surface area contributed by atoms with Crippen LogP contribution in [0.2, 0.25) is 0 Å². The summed E-state index contributed by atoms with van der Waals surface area (Å²) >= 11 is 0. The van der Waals surface area contributed by atoms with E-state index in [-0.39, 0.29) is 10.8 Å². The lowest BCUT2D eigenvalue weighted by atomic mass is 9.79. The summed E-state index contributed by atoms with van der Waals surface area (Å²) in [7, 11) is 1.77. The molecule has 1 saturated heterocycles. The lowest BCUT2D eigenvalue weighted by Gasteiger charge is -2.30. The number of hydrogen-bond donors (Lipinski definition) is 1. The van der Waals surface area contributed by atoms with Crippen LogP contribution in [0.3, 0.4) is 0 Å². The third-order valence-corrected chi connectivity index (χ3v) is 6.09. The number of para-hydroxylation sites is 1. The molecule has 0 bridgehead atoms. The number of fused-ring (bicyclic) bond motifs is 2. The molecule has 1 fully saturated rings. The molecule has 2 aromatic rings. The molecule has 4 rings (SSSR count). The Balaban J connectivity index is 1.80. The van der Waals surface area contributed by atoms with Crippen molar-refractivity contribution in [2.24, 2.45) is 0 Å². The van der Waals surface area contributed by atoms with Crippen LogP contribution in [0.5, 0.6) is 11.5 Å². The average Bonchev–Trinajstić information content (AvgIpc) is 3.23. The second-order valence-electron chi connectivity index (χ2n) is 7.72. The molecular weight excluding hydrogens is 398 g/mol. The number of rotatable bonds is 7. The van der Waals surface area contributed by atoms with E-state index < -0.39 is 17.5 Å². The van der Waals surface area contributed by atoms with E-state index in [1.165, 1.54) is 0 Å². The Morgan fingerprint density at radius 2 is 2.06 bits per heavy atom. The zero-order valence-corrected chi connectivity index (χ0v) is 17.5. The molecular formula is C23H25N3O5. The van der Waals surface area contributed by atoms with Crippen molar-refractivity contribution < 1.29 is 19.2 Å². The number of amides is 1. The number of nitrogens with zero attached hydrogens (tertiary/aromatic N) is 2. The summed E-state index contributed by atoms with van der Waals surface area (Å²) < 4.78 is 11.4. The minimum Gasteiger partial charge on any atom is -0.490 e. The molecule has 2 aliphatic heterocycles. The number of hydrogen-bond acceptors (Lipinski definition) is 6. The molecule has 1 amide bonds. The van der Waals surface area contributed by atoms with Crippen LogP contribution in [-0.4, -0.2) is 48.6 Å². The lowest BCUT2D eigenvalue weighted by molar-refractivity contribution is -0.534. The second-order valence-corrected chi connectivity index (χ2v) is 7.72. The van der Waals surface area contributed by atoms with Crippen molar-refractivity contribution in [1.82, 2.24) is 4.90 Å². The van der Waals surface area contributed by atoms with Crippen molar-refractivity contribution in [3.05, 3.63) is 76.4 Å². The van der Waals surface area contributed by atoms with Crippen LogP contribution >= 0.6 is 0 Å². The van der Waals surface area contributed by atoms with E-state index in [0.717, 1.165) is 5.56 Å². The van der Waals surface area contributed by atoms with Gasteiger partial charge in [0, 0.05) is 22.7 Å². The number of carbonyl (C=O) groups is 1. The predicted octanol–water partition coefficient (Wildman–Crippen LogP) is 3.17. The summed E-state index contributed by atoms with van der Waals surface area (Å²) in [5.41, 5.74) is 0.629. The number of carbonyl (C=O) groups excluding carboxylic acids is 1. The van der Waals surface area contributed by atoms with Crippen LogP contribution in [-0.2, 0) is 10.3 Å². The molecule has 0 aromatic heterocycles. The highest BCUT2D eigenvalue weighted by molar-refractivity contribution is 6.06. The average molecular weight is 423 g/mol. The second kappa shape index (κ2) is 8.03. The molecule has 0 aliphatic carbocycles. The molecule has 3 atom stereocenters. The fraction of sp³-hybridized carbons (Fsp3) is 0.348. The van der Waals surface area contributed by atoms with E-state index in [4.69, 9.17) is 9.47 Å². The SMILES string of the molecule is C=CCOc1ccc([C@@H]2CN(C)[C@]3(C(=O)Nc4ccccc43)[C@H]2[N+](=O)[O-])cc1OCC. The van der Waals surface area contributed by atoms with Crippen LogP contribution in [0.4, 0.5) is 5.69 Å². The number of likely N-dealkylation sites (tertiary alicyclic amines) is 1. The summed E-state index contributed by atoms with van der Waals surface area (Å²) in [6, 6.07) is 11.4. The monoisotopic (exact) mass is 423 g/mol. The Hall–Kier alpha value is -3.39. The Bertz CT molecular complexity index is 1040. The van der Waals surface area contributed by atoms with Crippen LogP contribution in [0.1, 0.15) is 24.0 Å². The Morgan fingerprint density at radius 3 is 2.77 bits per heavy atom. The normalized spacial score (nSPS) is 24.6. The molecule has 2 aromatic carbocycles. The van der Waals surface area contributed by atoms with Crippen molar-refractivity contribution in [1.29, 1.82) is 0 Å². The van der Waals surface area contributed by atoms with Crippen LogP contribution in [0.25, 0.3) is 0 Å². The Morgan fingerprint density at radius 1 is 1.29 bits per heavy atom. The summed E-state index contributed by atoms with van der Waals surface area (Å²) in [5, 5.41) is 15.2. The van der Waals surface area contributed by atoms with Gasteiger partial charge in [0.15, 0.2) is 17.0 Å². The van der Waals surface area contributed by atoms with Gasteiger partial charge >= 0.3 is 0 Å². The first kappa shape index (κ1) is 20.9. The number of likely N-dealkylation sites (N-methyl/N-ethyl adjacent to an activating group) is 1. The van der Waals surface area contributed by atoms with E-state index >= 15 is 0 Å². The van der Waals surface area contributed by atoms with Crippen LogP contribution < -0.4 is 14.8 Å². The highest BCUT2D eigenvalue weighted by atomic mass is 16.6. The zero-order chi connectivity index (χ0) is 22.2. The maximum atomic E-state index is 13.2. The number of benzene rings is 2. The topological polar surface area (TPSA) is 93.9 Å². The largest absolute Gasteiger partial charge is 0.490 e. The van der Waals surface area contributed by atoms with Gasteiger partial charge in [-0.15, -0.1) is 0 Å². The predicted molar refractivity (Wildman–Crippen MR) is 116 cm³/mol.